The predicted molar refractivity (Wildman–Crippen MR) is 116 cm³/mol. The number of aliphatic hydroxyl groups is 1. The topological polar surface area (TPSA) is 88.9 Å². The van der Waals surface area contributed by atoms with Crippen molar-refractivity contribution < 1.29 is 28.9 Å². The van der Waals surface area contributed by atoms with Crippen molar-refractivity contribution >= 4 is 5.97 Å². The van der Waals surface area contributed by atoms with E-state index in [-0.39, 0.29) is 11.9 Å². The van der Waals surface area contributed by atoms with Gasteiger partial charge in [0.1, 0.15) is 23.4 Å². The minimum absolute atomic E-state index is 0.295. The number of aliphatic hydroxyl groups excluding tert-OH is 1. The number of aliphatic carboxylic acids is 1. The Kier molecular flexibility index (Phi) is 6.10. The molecule has 2 heterocycles. The third-order valence-corrected chi connectivity index (χ3v) is 5.84. The van der Waals surface area contributed by atoms with E-state index in [9.17, 15) is 14.3 Å². The smallest absolute Gasteiger partial charge is 0.309 e. The number of pyridine rings is 1. The van der Waals surface area contributed by atoms with Crippen molar-refractivity contribution in [2.75, 3.05) is 7.11 Å². The third kappa shape index (κ3) is 4.29. The number of hydrogen-bond acceptors (Lipinski definition) is 5. The molecular formula is C25H24FNO5. The zero-order valence-corrected chi connectivity index (χ0v) is 17.8. The van der Waals surface area contributed by atoms with E-state index in [4.69, 9.17) is 14.6 Å². The number of carbonyl (C=O) groups is 1. The van der Waals surface area contributed by atoms with Crippen molar-refractivity contribution in [3.05, 3.63) is 77.4 Å². The number of nitrogens with zero attached hydrogens (tertiary/aromatic N) is 1. The lowest BCUT2D eigenvalue weighted by Crippen LogP contribution is -2.20. The number of carboxylic acids is 1. The number of aromatic nitrogens is 1. The van der Waals surface area contributed by atoms with Crippen LogP contribution in [0.3, 0.4) is 0 Å². The van der Waals surface area contributed by atoms with Crippen LogP contribution in [0.5, 0.6) is 11.5 Å². The maximum atomic E-state index is 14.3. The average molecular weight is 437 g/mol. The molecule has 1 unspecified atom stereocenters. The Bertz CT molecular complexity index is 1130. The first kappa shape index (κ1) is 21.8. The van der Waals surface area contributed by atoms with Gasteiger partial charge >= 0.3 is 5.97 Å². The van der Waals surface area contributed by atoms with Gasteiger partial charge in [-0.2, -0.15) is 0 Å². The van der Waals surface area contributed by atoms with Gasteiger partial charge in [-0.25, -0.2) is 4.39 Å². The molecule has 6 nitrogen and oxygen atoms in total. The summed E-state index contributed by atoms with van der Waals surface area (Å²) in [5.74, 6) is -1.18. The predicted octanol–water partition coefficient (Wildman–Crippen LogP) is 4.72. The molecule has 0 saturated carbocycles. The molecule has 32 heavy (non-hydrogen) atoms. The summed E-state index contributed by atoms with van der Waals surface area (Å²) >= 11 is 0. The summed E-state index contributed by atoms with van der Waals surface area (Å²) in [5, 5.41) is 19.5. The van der Waals surface area contributed by atoms with Gasteiger partial charge in [-0.3, -0.25) is 9.78 Å². The zero-order valence-electron chi connectivity index (χ0n) is 17.8. The molecule has 0 aliphatic carbocycles. The molecule has 0 amide bonds. The number of aryl methyl sites for hydroxylation is 1. The molecule has 0 saturated heterocycles. The quantitative estimate of drug-likeness (QED) is 0.580. The number of ether oxygens (including phenoxy) is 2. The highest BCUT2D eigenvalue weighted by molar-refractivity contribution is 5.70. The van der Waals surface area contributed by atoms with E-state index in [2.05, 4.69) is 4.98 Å². The maximum absolute atomic E-state index is 14.3. The highest BCUT2D eigenvalue weighted by atomic mass is 19.1. The zero-order chi connectivity index (χ0) is 22.8. The maximum Gasteiger partial charge on any atom is 0.309 e. The molecule has 0 fully saturated rings. The Balaban J connectivity index is 1.55. The summed E-state index contributed by atoms with van der Waals surface area (Å²) in [6, 6.07) is 13.5. The van der Waals surface area contributed by atoms with Crippen molar-refractivity contribution in [2.45, 2.75) is 32.0 Å². The minimum Gasteiger partial charge on any atom is -0.497 e. The molecular weight excluding hydrogens is 413 g/mol. The Morgan fingerprint density at radius 2 is 2.03 bits per heavy atom. The molecule has 7 heteroatoms. The monoisotopic (exact) mass is 437 g/mol. The molecule has 2 aromatic carbocycles. The number of rotatable bonds is 6. The summed E-state index contributed by atoms with van der Waals surface area (Å²) in [6.45, 7) is 1.47. The molecule has 1 aromatic heterocycles. The van der Waals surface area contributed by atoms with Crippen molar-refractivity contribution in [3.8, 4) is 22.6 Å². The Labute approximate surface area is 185 Å². The molecule has 0 bridgehead atoms. The fourth-order valence-electron chi connectivity index (χ4n) is 3.81. The van der Waals surface area contributed by atoms with E-state index in [1.165, 1.54) is 20.1 Å². The molecule has 3 atom stereocenters. The van der Waals surface area contributed by atoms with Gasteiger partial charge in [0.25, 0.3) is 0 Å². The first-order chi connectivity index (χ1) is 15.4. The second-order valence-corrected chi connectivity index (χ2v) is 7.90. The largest absolute Gasteiger partial charge is 0.497 e. The first-order valence-electron chi connectivity index (χ1n) is 10.4. The van der Waals surface area contributed by atoms with Crippen LogP contribution >= 0.6 is 0 Å². The van der Waals surface area contributed by atoms with Gasteiger partial charge in [0.15, 0.2) is 0 Å². The van der Waals surface area contributed by atoms with Gasteiger partial charge in [0.2, 0.25) is 0 Å². The van der Waals surface area contributed by atoms with Crippen LogP contribution in [0.25, 0.3) is 11.1 Å². The Hall–Kier alpha value is -3.45. The van der Waals surface area contributed by atoms with E-state index in [1.54, 1.807) is 36.5 Å². The second-order valence-electron chi connectivity index (χ2n) is 7.90. The van der Waals surface area contributed by atoms with Gasteiger partial charge in [0.05, 0.1) is 24.8 Å². The molecule has 1 aliphatic rings. The highest BCUT2D eigenvalue weighted by Crippen LogP contribution is 2.37. The summed E-state index contributed by atoms with van der Waals surface area (Å²) in [4.78, 5) is 15.7. The number of fused-ring (bicyclic) bond motifs is 1. The fraction of sp³-hybridized carbons (Fsp3) is 0.280. The van der Waals surface area contributed by atoms with Crippen LogP contribution in [0.2, 0.25) is 0 Å². The first-order valence-corrected chi connectivity index (χ1v) is 10.4. The van der Waals surface area contributed by atoms with Crippen LogP contribution in [0.1, 0.15) is 42.4 Å². The summed E-state index contributed by atoms with van der Waals surface area (Å²) in [5.41, 5.74) is 3.25. The van der Waals surface area contributed by atoms with Crippen molar-refractivity contribution in [1.82, 2.24) is 4.98 Å². The lowest BCUT2D eigenvalue weighted by atomic mass is 9.93. The van der Waals surface area contributed by atoms with Crippen molar-refractivity contribution in [3.63, 3.8) is 0 Å². The van der Waals surface area contributed by atoms with Crippen LogP contribution in [0, 0.1) is 11.7 Å². The lowest BCUT2D eigenvalue weighted by Gasteiger charge is -2.27. The summed E-state index contributed by atoms with van der Waals surface area (Å²) in [6.07, 6.45) is 1.67. The number of hydrogen-bond donors (Lipinski definition) is 2. The SMILES string of the molecule is COc1ccc(F)c(-c2ccc(C3CCc4ccc([C@H](O)[C@H](C)C(=O)O)cc4O3)nc2)c1. The summed E-state index contributed by atoms with van der Waals surface area (Å²) in [7, 11) is 1.53. The van der Waals surface area contributed by atoms with E-state index >= 15 is 0 Å². The Morgan fingerprint density at radius 1 is 1.22 bits per heavy atom. The fourth-order valence-corrected chi connectivity index (χ4v) is 3.81. The molecule has 1 aliphatic heterocycles. The molecule has 0 spiro atoms. The number of benzene rings is 2. The molecule has 166 valence electrons. The number of halogens is 1. The van der Waals surface area contributed by atoms with Crippen molar-refractivity contribution in [2.24, 2.45) is 5.92 Å². The van der Waals surface area contributed by atoms with Gasteiger partial charge in [0, 0.05) is 17.3 Å². The summed E-state index contributed by atoms with van der Waals surface area (Å²) < 4.78 is 25.6. The van der Waals surface area contributed by atoms with E-state index < -0.39 is 18.0 Å². The highest BCUT2D eigenvalue weighted by Gasteiger charge is 2.27. The van der Waals surface area contributed by atoms with Gasteiger partial charge in [-0.1, -0.05) is 18.2 Å². The van der Waals surface area contributed by atoms with Gasteiger partial charge in [-0.05, 0) is 61.2 Å². The lowest BCUT2D eigenvalue weighted by molar-refractivity contribution is -0.145. The number of methoxy groups -OCH3 is 1. The van der Waals surface area contributed by atoms with Crippen LogP contribution in [-0.2, 0) is 11.2 Å². The number of carboxylic acid groups (broad SMARTS) is 1. The second kappa shape index (κ2) is 8.96. The van der Waals surface area contributed by atoms with E-state index in [0.717, 1.165) is 18.4 Å². The van der Waals surface area contributed by atoms with E-state index in [1.807, 2.05) is 12.1 Å². The molecule has 4 rings (SSSR count). The molecule has 0 radical (unpaired) electrons. The molecule has 3 aromatic rings. The van der Waals surface area contributed by atoms with Gasteiger partial charge < -0.3 is 19.7 Å². The average Bonchev–Trinajstić information content (AvgIpc) is 2.82. The van der Waals surface area contributed by atoms with E-state index in [0.29, 0.717) is 33.9 Å². The van der Waals surface area contributed by atoms with Gasteiger partial charge in [-0.15, -0.1) is 0 Å². The van der Waals surface area contributed by atoms with Crippen LogP contribution in [0.15, 0.2) is 54.7 Å². The molecule has 2 N–H and O–H groups in total. The standard InChI is InChI=1S/C25H24FNO5/c1-14(25(29)30)24(28)16-4-3-15-6-10-22(32-23(15)11-16)21-9-5-17(13-27-21)19-12-18(31-2)7-8-20(19)26/h3-5,7-9,11-14,22,24,28H,6,10H2,1-2H3,(H,29,30)/t14-,22?,24+/m0/s1. The van der Waals surface area contributed by atoms with Crippen molar-refractivity contribution in [1.29, 1.82) is 0 Å². The minimum atomic E-state index is -1.13. The normalized spacial score (nSPS) is 17.1. The van der Waals surface area contributed by atoms with Crippen LogP contribution < -0.4 is 9.47 Å². The Morgan fingerprint density at radius 3 is 2.72 bits per heavy atom. The third-order valence-electron chi connectivity index (χ3n) is 5.84. The van der Waals surface area contributed by atoms with Crippen LogP contribution in [0.4, 0.5) is 4.39 Å². The van der Waals surface area contributed by atoms with Crippen LogP contribution in [-0.4, -0.2) is 28.3 Å².